The van der Waals surface area contributed by atoms with Crippen LogP contribution in [-0.4, -0.2) is 31.7 Å². The highest BCUT2D eigenvalue weighted by Gasteiger charge is 2.15. The largest absolute Gasteiger partial charge is 0.496 e. The molecule has 8 heteroatoms. The van der Waals surface area contributed by atoms with Gasteiger partial charge in [0.2, 0.25) is 5.75 Å². The van der Waals surface area contributed by atoms with Crippen molar-refractivity contribution in [3.05, 3.63) is 58.1 Å². The third kappa shape index (κ3) is 4.84. The van der Waals surface area contributed by atoms with Crippen LogP contribution in [0.15, 0.2) is 42.5 Å². The van der Waals surface area contributed by atoms with Crippen LogP contribution in [0.3, 0.4) is 0 Å². The molecule has 0 aromatic heterocycles. The van der Waals surface area contributed by atoms with Crippen molar-refractivity contribution < 1.29 is 23.9 Å². The van der Waals surface area contributed by atoms with Gasteiger partial charge >= 0.3 is 5.69 Å². The zero-order valence-corrected chi connectivity index (χ0v) is 13.9. The van der Waals surface area contributed by atoms with Crippen molar-refractivity contribution in [1.82, 2.24) is 5.32 Å². The second-order valence-corrected chi connectivity index (χ2v) is 4.97. The topological polar surface area (TPSA) is 99.9 Å². The van der Waals surface area contributed by atoms with Crippen molar-refractivity contribution >= 4 is 11.6 Å². The number of methoxy groups -OCH3 is 2. The van der Waals surface area contributed by atoms with Gasteiger partial charge in [-0.3, -0.25) is 14.9 Å². The zero-order valence-electron chi connectivity index (χ0n) is 13.9. The molecule has 2 rings (SSSR count). The summed E-state index contributed by atoms with van der Waals surface area (Å²) >= 11 is 0. The molecule has 0 aliphatic rings. The van der Waals surface area contributed by atoms with Gasteiger partial charge in [0.15, 0.2) is 6.61 Å². The molecule has 0 saturated carbocycles. The average Bonchev–Trinajstić information content (AvgIpc) is 2.64. The minimum atomic E-state index is -0.553. The fraction of sp³-hybridized carbons (Fsp3) is 0.235. The molecule has 0 saturated heterocycles. The van der Waals surface area contributed by atoms with Crippen LogP contribution in [0.25, 0.3) is 0 Å². The molecule has 0 unspecified atom stereocenters. The number of nitro benzene ring substituents is 1. The number of para-hydroxylation sites is 1. The van der Waals surface area contributed by atoms with E-state index in [-0.39, 0.29) is 24.0 Å². The lowest BCUT2D eigenvalue weighted by molar-refractivity contribution is -0.385. The van der Waals surface area contributed by atoms with E-state index in [0.29, 0.717) is 18.0 Å². The summed E-state index contributed by atoms with van der Waals surface area (Å²) < 4.78 is 15.5. The first-order chi connectivity index (χ1) is 12.0. The number of nitrogens with zero attached hydrogens (tertiary/aromatic N) is 1. The van der Waals surface area contributed by atoms with E-state index in [0.717, 1.165) is 5.56 Å². The van der Waals surface area contributed by atoms with Crippen molar-refractivity contribution in [3.63, 3.8) is 0 Å². The minimum Gasteiger partial charge on any atom is -0.496 e. The summed E-state index contributed by atoms with van der Waals surface area (Å²) in [5.74, 6) is 0.721. The number of carbonyl (C=O) groups excluding carboxylic acids is 1. The van der Waals surface area contributed by atoms with Crippen molar-refractivity contribution in [2.75, 3.05) is 20.8 Å². The Labute approximate surface area is 144 Å². The van der Waals surface area contributed by atoms with Gasteiger partial charge in [0, 0.05) is 24.2 Å². The molecule has 0 heterocycles. The maximum Gasteiger partial charge on any atom is 0.311 e. The lowest BCUT2D eigenvalue weighted by Gasteiger charge is -2.11. The normalized spacial score (nSPS) is 10.0. The first kappa shape index (κ1) is 18.1. The Bertz CT molecular complexity index is 763. The Hall–Kier alpha value is -3.29. The van der Waals surface area contributed by atoms with E-state index < -0.39 is 4.92 Å². The van der Waals surface area contributed by atoms with Gasteiger partial charge in [-0.15, -0.1) is 0 Å². The van der Waals surface area contributed by atoms with Crippen LogP contribution in [0.1, 0.15) is 5.56 Å². The minimum absolute atomic E-state index is 0.0666. The second kappa shape index (κ2) is 8.53. The molecule has 1 N–H and O–H groups in total. The molecule has 0 aliphatic carbocycles. The molecule has 0 spiro atoms. The number of rotatable bonds is 8. The van der Waals surface area contributed by atoms with Gasteiger partial charge in [0.1, 0.15) is 11.5 Å². The fourth-order valence-electron chi connectivity index (χ4n) is 2.14. The van der Waals surface area contributed by atoms with E-state index in [1.165, 1.54) is 25.3 Å². The second-order valence-electron chi connectivity index (χ2n) is 4.97. The quantitative estimate of drug-likeness (QED) is 0.581. The third-order valence-electron chi connectivity index (χ3n) is 3.39. The Balaban J connectivity index is 1.90. The molecule has 1 amide bonds. The summed E-state index contributed by atoms with van der Waals surface area (Å²) in [6.07, 6.45) is 0. The monoisotopic (exact) mass is 346 g/mol. The van der Waals surface area contributed by atoms with Gasteiger partial charge in [0.25, 0.3) is 5.91 Å². The predicted molar refractivity (Wildman–Crippen MR) is 90.0 cm³/mol. The van der Waals surface area contributed by atoms with Crippen LogP contribution in [0.4, 0.5) is 5.69 Å². The summed E-state index contributed by atoms with van der Waals surface area (Å²) in [4.78, 5) is 22.2. The van der Waals surface area contributed by atoms with Crippen LogP contribution < -0.4 is 19.5 Å². The van der Waals surface area contributed by atoms with Crippen LogP contribution in [0.2, 0.25) is 0 Å². The molecule has 8 nitrogen and oxygen atoms in total. The van der Waals surface area contributed by atoms with E-state index in [4.69, 9.17) is 14.2 Å². The third-order valence-corrected chi connectivity index (χ3v) is 3.39. The Morgan fingerprint density at radius 3 is 2.52 bits per heavy atom. The molecular formula is C17H18N2O6. The molecule has 132 valence electrons. The lowest BCUT2D eigenvalue weighted by atomic mass is 10.2. The maximum absolute atomic E-state index is 11.9. The van der Waals surface area contributed by atoms with Crippen LogP contribution >= 0.6 is 0 Å². The van der Waals surface area contributed by atoms with Gasteiger partial charge < -0.3 is 19.5 Å². The highest BCUT2D eigenvalue weighted by Crippen LogP contribution is 2.30. The van der Waals surface area contributed by atoms with Crippen molar-refractivity contribution in [3.8, 4) is 17.2 Å². The molecule has 2 aromatic carbocycles. The van der Waals surface area contributed by atoms with Crippen molar-refractivity contribution in [2.45, 2.75) is 6.54 Å². The number of amides is 1. The summed E-state index contributed by atoms with van der Waals surface area (Å²) in [6.45, 7) is 0.0753. The van der Waals surface area contributed by atoms with E-state index >= 15 is 0 Å². The molecule has 0 radical (unpaired) electrons. The number of hydrogen-bond donors (Lipinski definition) is 1. The highest BCUT2D eigenvalue weighted by atomic mass is 16.6. The molecule has 2 aromatic rings. The molecule has 0 atom stereocenters. The summed E-state index contributed by atoms with van der Waals surface area (Å²) in [7, 11) is 2.89. The van der Waals surface area contributed by atoms with Gasteiger partial charge in [0.05, 0.1) is 19.1 Å². The van der Waals surface area contributed by atoms with Gasteiger partial charge in [-0.1, -0.05) is 18.2 Å². The standard InChI is InChI=1S/C17H18N2O6/c1-23-15-6-4-3-5-12(15)10-18-17(20)11-25-13-7-8-14(19(21)22)16(9-13)24-2/h3-9H,10-11H2,1-2H3,(H,18,20). The number of hydrogen-bond acceptors (Lipinski definition) is 6. The molecule has 0 bridgehead atoms. The summed E-state index contributed by atoms with van der Waals surface area (Å²) in [5, 5.41) is 13.6. The zero-order chi connectivity index (χ0) is 18.2. The van der Waals surface area contributed by atoms with E-state index in [9.17, 15) is 14.9 Å². The Kier molecular flexibility index (Phi) is 6.16. The van der Waals surface area contributed by atoms with Crippen LogP contribution in [-0.2, 0) is 11.3 Å². The summed E-state index contributed by atoms with van der Waals surface area (Å²) in [5.41, 5.74) is 0.672. The number of carbonyl (C=O) groups is 1. The van der Waals surface area contributed by atoms with Crippen molar-refractivity contribution in [2.24, 2.45) is 0 Å². The van der Waals surface area contributed by atoms with E-state index in [1.54, 1.807) is 13.2 Å². The lowest BCUT2D eigenvalue weighted by Crippen LogP contribution is -2.28. The van der Waals surface area contributed by atoms with Crippen molar-refractivity contribution in [1.29, 1.82) is 0 Å². The smallest absolute Gasteiger partial charge is 0.311 e. The SMILES string of the molecule is COc1ccccc1CNC(=O)COc1ccc([N+](=O)[O-])c(OC)c1. The maximum atomic E-state index is 11.9. The number of benzene rings is 2. The number of ether oxygens (including phenoxy) is 3. The van der Waals surface area contributed by atoms with Crippen LogP contribution in [0.5, 0.6) is 17.2 Å². The molecule has 0 aliphatic heterocycles. The van der Waals surface area contributed by atoms with Gasteiger partial charge in [-0.25, -0.2) is 0 Å². The highest BCUT2D eigenvalue weighted by molar-refractivity contribution is 5.77. The van der Waals surface area contributed by atoms with E-state index in [2.05, 4.69) is 5.32 Å². The Morgan fingerprint density at radius 2 is 1.84 bits per heavy atom. The molecule has 0 fully saturated rings. The predicted octanol–water partition coefficient (Wildman–Crippen LogP) is 2.31. The van der Waals surface area contributed by atoms with Gasteiger partial charge in [-0.2, -0.15) is 0 Å². The number of nitrogens with one attached hydrogen (secondary N) is 1. The fourth-order valence-corrected chi connectivity index (χ4v) is 2.14. The Morgan fingerprint density at radius 1 is 1.12 bits per heavy atom. The first-order valence-electron chi connectivity index (χ1n) is 7.39. The molecule has 25 heavy (non-hydrogen) atoms. The summed E-state index contributed by atoms with van der Waals surface area (Å²) in [6, 6.07) is 11.4. The van der Waals surface area contributed by atoms with Gasteiger partial charge in [-0.05, 0) is 12.1 Å². The average molecular weight is 346 g/mol. The molecular weight excluding hydrogens is 328 g/mol. The first-order valence-corrected chi connectivity index (χ1v) is 7.39. The van der Waals surface area contributed by atoms with E-state index in [1.807, 2.05) is 18.2 Å². The number of nitro groups is 1. The van der Waals surface area contributed by atoms with Crippen LogP contribution in [0, 0.1) is 10.1 Å².